The van der Waals surface area contributed by atoms with E-state index in [4.69, 9.17) is 10.1 Å². The van der Waals surface area contributed by atoms with Gasteiger partial charge in [0, 0.05) is 44.3 Å². The third kappa shape index (κ3) is 4.65. The Morgan fingerprint density at radius 3 is 2.44 bits per heavy atom. The fourth-order valence-electron chi connectivity index (χ4n) is 4.34. The van der Waals surface area contributed by atoms with Crippen LogP contribution in [-0.4, -0.2) is 75.6 Å². The maximum atomic E-state index is 13.7. The molecule has 3 heterocycles. The van der Waals surface area contributed by atoms with Gasteiger partial charge in [0.25, 0.3) is 5.91 Å². The highest BCUT2D eigenvalue weighted by atomic mass is 16.2. The van der Waals surface area contributed by atoms with Crippen molar-refractivity contribution in [1.82, 2.24) is 29.9 Å². The summed E-state index contributed by atoms with van der Waals surface area (Å²) in [4.78, 5) is 34.7. The van der Waals surface area contributed by atoms with Crippen molar-refractivity contribution in [2.24, 2.45) is 0 Å². The zero-order valence-electron chi connectivity index (χ0n) is 20.1. The number of nitrogens with one attached hydrogen (secondary N) is 1. The Kier molecular flexibility index (Phi) is 6.25. The van der Waals surface area contributed by atoms with Crippen LogP contribution in [0.15, 0.2) is 6.07 Å². The second-order valence-corrected chi connectivity index (χ2v) is 10.2. The van der Waals surface area contributed by atoms with Crippen LogP contribution in [0.3, 0.4) is 0 Å². The van der Waals surface area contributed by atoms with E-state index in [0.29, 0.717) is 45.2 Å². The van der Waals surface area contributed by atoms with E-state index in [9.17, 15) is 9.59 Å². The summed E-state index contributed by atoms with van der Waals surface area (Å²) in [6.45, 7) is 14.1. The van der Waals surface area contributed by atoms with Crippen molar-refractivity contribution in [2.45, 2.75) is 65.3 Å². The van der Waals surface area contributed by atoms with E-state index in [1.54, 1.807) is 0 Å². The van der Waals surface area contributed by atoms with Crippen molar-refractivity contribution in [3.8, 4) is 0 Å². The van der Waals surface area contributed by atoms with Gasteiger partial charge in [0.05, 0.1) is 28.7 Å². The molecule has 2 aromatic heterocycles. The highest BCUT2D eigenvalue weighted by molar-refractivity contribution is 6.06. The Morgan fingerprint density at radius 1 is 1.16 bits per heavy atom. The topological polar surface area (TPSA) is 83.4 Å². The van der Waals surface area contributed by atoms with Crippen LogP contribution in [0.2, 0.25) is 0 Å². The Morgan fingerprint density at radius 2 is 1.84 bits per heavy atom. The molecule has 174 valence electrons. The number of rotatable bonds is 6. The molecule has 1 saturated carbocycles. The number of carbonyl (C=O) groups excluding carboxylic acids is 2. The van der Waals surface area contributed by atoms with Gasteiger partial charge in [-0.2, -0.15) is 5.10 Å². The van der Waals surface area contributed by atoms with Gasteiger partial charge in [0.15, 0.2) is 5.65 Å². The molecule has 0 spiro atoms. The molecule has 8 nitrogen and oxygen atoms in total. The number of hydrogen-bond donors (Lipinski definition) is 1. The molecule has 0 aromatic carbocycles. The first-order chi connectivity index (χ1) is 15.2. The first kappa shape index (κ1) is 22.7. The minimum Gasteiger partial charge on any atom is -0.355 e. The number of amides is 2. The molecule has 1 N–H and O–H groups in total. The van der Waals surface area contributed by atoms with Crippen molar-refractivity contribution in [2.75, 3.05) is 39.3 Å². The molecular formula is C24H36N6O2. The van der Waals surface area contributed by atoms with E-state index in [1.807, 2.05) is 29.5 Å². The van der Waals surface area contributed by atoms with Gasteiger partial charge >= 0.3 is 0 Å². The maximum Gasteiger partial charge on any atom is 0.254 e. The number of carbonyl (C=O) groups is 2. The van der Waals surface area contributed by atoms with E-state index in [-0.39, 0.29) is 17.4 Å². The predicted molar refractivity (Wildman–Crippen MR) is 125 cm³/mol. The molecule has 8 heteroatoms. The van der Waals surface area contributed by atoms with Crippen molar-refractivity contribution in [3.63, 3.8) is 0 Å². The SMILES string of the molecule is CCCNC(=O)CN1CCN(C(=O)c2cc(C3CC3)nc3c2c(C)nn3C(C)(C)C)CC1. The van der Waals surface area contributed by atoms with Gasteiger partial charge in [0.2, 0.25) is 5.91 Å². The molecule has 32 heavy (non-hydrogen) atoms. The molecule has 2 aromatic rings. The maximum absolute atomic E-state index is 13.7. The Balaban J connectivity index is 1.56. The molecule has 1 saturated heterocycles. The van der Waals surface area contributed by atoms with Gasteiger partial charge in [-0.15, -0.1) is 0 Å². The fraction of sp³-hybridized carbons (Fsp3) is 0.667. The lowest BCUT2D eigenvalue weighted by Crippen LogP contribution is -2.51. The molecule has 0 bridgehead atoms. The van der Waals surface area contributed by atoms with Crippen LogP contribution in [0, 0.1) is 6.92 Å². The molecule has 0 radical (unpaired) electrons. The lowest BCUT2D eigenvalue weighted by Gasteiger charge is -2.34. The third-order valence-corrected chi connectivity index (χ3v) is 6.29. The number of piperazine rings is 1. The van der Waals surface area contributed by atoms with E-state index >= 15 is 0 Å². The molecule has 2 amide bonds. The molecule has 2 fully saturated rings. The van der Waals surface area contributed by atoms with E-state index < -0.39 is 0 Å². The largest absolute Gasteiger partial charge is 0.355 e. The summed E-state index contributed by atoms with van der Waals surface area (Å²) in [5, 5.41) is 8.57. The number of pyridine rings is 1. The molecule has 4 rings (SSSR count). The minimum atomic E-state index is -0.216. The summed E-state index contributed by atoms with van der Waals surface area (Å²) in [6, 6.07) is 2.01. The average Bonchev–Trinajstić information content (AvgIpc) is 3.54. The summed E-state index contributed by atoms with van der Waals surface area (Å²) in [5.41, 5.74) is 3.18. The molecular weight excluding hydrogens is 404 g/mol. The molecule has 1 aliphatic carbocycles. The Labute approximate surface area is 190 Å². The van der Waals surface area contributed by atoms with Crippen LogP contribution in [0.4, 0.5) is 0 Å². The summed E-state index contributed by atoms with van der Waals surface area (Å²) < 4.78 is 1.97. The van der Waals surface area contributed by atoms with Crippen molar-refractivity contribution >= 4 is 22.8 Å². The standard InChI is InChI=1S/C24H36N6O2/c1-6-9-25-20(31)15-28-10-12-29(13-11-28)23(32)18-14-19(17-7-8-17)26-22-21(18)16(2)27-30(22)24(3,4)5/h14,17H,6-13,15H2,1-5H3,(H,25,31). The van der Waals surface area contributed by atoms with Crippen molar-refractivity contribution < 1.29 is 9.59 Å². The van der Waals surface area contributed by atoms with Gasteiger partial charge in [-0.25, -0.2) is 9.67 Å². The Hall–Kier alpha value is -2.48. The smallest absolute Gasteiger partial charge is 0.254 e. The van der Waals surface area contributed by atoms with Crippen LogP contribution >= 0.6 is 0 Å². The van der Waals surface area contributed by atoms with E-state index in [0.717, 1.165) is 47.2 Å². The number of aromatic nitrogens is 3. The van der Waals surface area contributed by atoms with Gasteiger partial charge in [-0.3, -0.25) is 14.5 Å². The minimum absolute atomic E-state index is 0.0472. The van der Waals surface area contributed by atoms with Crippen LogP contribution in [0.25, 0.3) is 11.0 Å². The van der Waals surface area contributed by atoms with Crippen LogP contribution in [-0.2, 0) is 10.3 Å². The van der Waals surface area contributed by atoms with Crippen LogP contribution in [0.5, 0.6) is 0 Å². The number of fused-ring (bicyclic) bond motifs is 1. The Bertz CT molecular complexity index is 1010. The zero-order valence-corrected chi connectivity index (χ0v) is 20.1. The second kappa shape index (κ2) is 8.81. The van der Waals surface area contributed by atoms with Crippen molar-refractivity contribution in [3.05, 3.63) is 23.0 Å². The van der Waals surface area contributed by atoms with Gasteiger partial charge in [-0.05, 0) is 53.0 Å². The summed E-state index contributed by atoms with van der Waals surface area (Å²) in [7, 11) is 0. The van der Waals surface area contributed by atoms with Gasteiger partial charge < -0.3 is 10.2 Å². The number of hydrogen-bond acceptors (Lipinski definition) is 5. The average molecular weight is 441 g/mol. The van der Waals surface area contributed by atoms with Gasteiger partial charge in [-0.1, -0.05) is 6.92 Å². The zero-order chi connectivity index (χ0) is 23.0. The molecule has 1 aliphatic heterocycles. The quantitative estimate of drug-likeness (QED) is 0.747. The number of aryl methyl sites for hydroxylation is 1. The highest BCUT2D eigenvalue weighted by Crippen LogP contribution is 2.41. The lowest BCUT2D eigenvalue weighted by atomic mass is 10.1. The van der Waals surface area contributed by atoms with Gasteiger partial charge in [0.1, 0.15) is 0 Å². The van der Waals surface area contributed by atoms with E-state index in [2.05, 4.69) is 31.0 Å². The molecule has 2 aliphatic rings. The monoisotopic (exact) mass is 440 g/mol. The highest BCUT2D eigenvalue weighted by Gasteiger charge is 2.32. The summed E-state index contributed by atoms with van der Waals surface area (Å²) >= 11 is 0. The first-order valence-corrected chi connectivity index (χ1v) is 11.9. The molecule has 0 atom stereocenters. The van der Waals surface area contributed by atoms with E-state index in [1.165, 1.54) is 0 Å². The number of nitrogens with zero attached hydrogens (tertiary/aromatic N) is 5. The third-order valence-electron chi connectivity index (χ3n) is 6.29. The fourth-order valence-corrected chi connectivity index (χ4v) is 4.34. The van der Waals surface area contributed by atoms with Crippen LogP contribution < -0.4 is 5.32 Å². The summed E-state index contributed by atoms with van der Waals surface area (Å²) in [6.07, 6.45) is 3.20. The second-order valence-electron chi connectivity index (χ2n) is 10.2. The normalized spacial score (nSPS) is 17.7. The van der Waals surface area contributed by atoms with Crippen molar-refractivity contribution in [1.29, 1.82) is 0 Å². The lowest BCUT2D eigenvalue weighted by molar-refractivity contribution is -0.122. The molecule has 0 unspecified atom stereocenters. The first-order valence-electron chi connectivity index (χ1n) is 11.9. The van der Waals surface area contributed by atoms with Crippen LogP contribution in [0.1, 0.15) is 74.6 Å². The summed E-state index contributed by atoms with van der Waals surface area (Å²) in [5.74, 6) is 0.556. The predicted octanol–water partition coefficient (Wildman–Crippen LogP) is 2.66.